The van der Waals surface area contributed by atoms with Crippen LogP contribution in [0.5, 0.6) is 0 Å². The van der Waals surface area contributed by atoms with Crippen molar-refractivity contribution in [3.05, 3.63) is 47.0 Å². The molecular weight excluding hydrogens is 246 g/mol. The predicted molar refractivity (Wildman–Crippen MR) is 75.3 cm³/mol. The third-order valence-corrected chi connectivity index (χ3v) is 3.14. The molecule has 2 N–H and O–H groups in total. The van der Waals surface area contributed by atoms with Gasteiger partial charge in [-0.15, -0.1) is 0 Å². The summed E-state index contributed by atoms with van der Waals surface area (Å²) in [5, 5.41) is 0.749. The molecule has 18 heavy (non-hydrogen) atoms. The molecule has 4 heteroatoms. The average Bonchev–Trinajstić information content (AvgIpc) is 2.78. The number of benzene rings is 1. The molecule has 0 aliphatic heterocycles. The van der Waals surface area contributed by atoms with Gasteiger partial charge in [0, 0.05) is 23.8 Å². The molecule has 0 amide bonds. The fourth-order valence-corrected chi connectivity index (χ4v) is 2.30. The van der Waals surface area contributed by atoms with E-state index in [2.05, 4.69) is 16.5 Å². The number of aryl methyl sites for hydroxylation is 1. The lowest BCUT2D eigenvalue weighted by molar-refractivity contribution is 0.802. The van der Waals surface area contributed by atoms with E-state index in [-0.39, 0.29) is 0 Å². The summed E-state index contributed by atoms with van der Waals surface area (Å²) in [5.74, 6) is 1.08. The van der Waals surface area contributed by atoms with Gasteiger partial charge in [0.1, 0.15) is 5.82 Å². The molecule has 2 rings (SSSR count). The number of nitrogens with zero attached hydrogens (tertiary/aromatic N) is 2. The van der Waals surface area contributed by atoms with Crippen molar-refractivity contribution in [2.45, 2.75) is 26.2 Å². The summed E-state index contributed by atoms with van der Waals surface area (Å²) in [6.07, 6.45) is 6.70. The van der Waals surface area contributed by atoms with Crippen LogP contribution in [-0.2, 0) is 12.8 Å². The van der Waals surface area contributed by atoms with Gasteiger partial charge in [-0.1, -0.05) is 18.5 Å². The van der Waals surface area contributed by atoms with Gasteiger partial charge < -0.3 is 10.3 Å². The minimum absolute atomic E-state index is 0.616. The first kappa shape index (κ1) is 13.1. The van der Waals surface area contributed by atoms with E-state index in [0.29, 0.717) is 6.54 Å². The Morgan fingerprint density at radius 1 is 1.33 bits per heavy atom. The van der Waals surface area contributed by atoms with Crippen molar-refractivity contribution >= 4 is 11.6 Å². The molecule has 0 atom stereocenters. The lowest BCUT2D eigenvalue weighted by Gasteiger charge is -2.13. The monoisotopic (exact) mass is 263 g/mol. The third-order valence-electron chi connectivity index (χ3n) is 2.91. The van der Waals surface area contributed by atoms with Crippen molar-refractivity contribution in [2.75, 3.05) is 6.54 Å². The molecule has 0 bridgehead atoms. The normalized spacial score (nSPS) is 10.8. The van der Waals surface area contributed by atoms with Crippen molar-refractivity contribution in [1.82, 2.24) is 9.55 Å². The molecule has 1 heterocycles. The van der Waals surface area contributed by atoms with Crippen LogP contribution in [0.25, 0.3) is 5.69 Å². The number of hydrogen-bond donors (Lipinski definition) is 1. The average molecular weight is 264 g/mol. The van der Waals surface area contributed by atoms with Gasteiger partial charge in [-0.25, -0.2) is 4.98 Å². The lowest BCUT2D eigenvalue weighted by atomic mass is 10.1. The molecule has 2 aromatic rings. The highest BCUT2D eigenvalue weighted by Gasteiger charge is 2.09. The molecule has 1 aromatic carbocycles. The number of aromatic nitrogens is 2. The van der Waals surface area contributed by atoms with Crippen LogP contribution in [-0.4, -0.2) is 16.1 Å². The Kier molecular flexibility index (Phi) is 4.39. The minimum Gasteiger partial charge on any atom is -0.330 e. The second kappa shape index (κ2) is 6.03. The number of hydrogen-bond acceptors (Lipinski definition) is 2. The second-order valence-corrected chi connectivity index (χ2v) is 4.71. The van der Waals surface area contributed by atoms with Crippen LogP contribution >= 0.6 is 11.6 Å². The van der Waals surface area contributed by atoms with Gasteiger partial charge in [-0.05, 0) is 43.1 Å². The van der Waals surface area contributed by atoms with Gasteiger partial charge in [-0.3, -0.25) is 0 Å². The summed E-state index contributed by atoms with van der Waals surface area (Å²) >= 11 is 6.05. The molecule has 0 aliphatic rings. The number of nitrogens with two attached hydrogens (primary N) is 1. The first-order chi connectivity index (χ1) is 8.76. The van der Waals surface area contributed by atoms with Gasteiger partial charge in [-0.2, -0.15) is 0 Å². The summed E-state index contributed by atoms with van der Waals surface area (Å²) in [5.41, 5.74) is 7.96. The summed E-state index contributed by atoms with van der Waals surface area (Å²) in [6, 6.07) is 5.93. The van der Waals surface area contributed by atoms with E-state index in [1.54, 1.807) is 0 Å². The van der Waals surface area contributed by atoms with Gasteiger partial charge >= 0.3 is 0 Å². The molecule has 3 nitrogen and oxygen atoms in total. The van der Waals surface area contributed by atoms with Crippen LogP contribution in [0.4, 0.5) is 0 Å². The van der Waals surface area contributed by atoms with Gasteiger partial charge in [0.2, 0.25) is 0 Å². The zero-order valence-corrected chi connectivity index (χ0v) is 11.3. The summed E-state index contributed by atoms with van der Waals surface area (Å²) < 4.78 is 2.13. The van der Waals surface area contributed by atoms with Gasteiger partial charge in [0.15, 0.2) is 0 Å². The van der Waals surface area contributed by atoms with E-state index in [1.165, 1.54) is 5.56 Å². The molecule has 1 aromatic heterocycles. The van der Waals surface area contributed by atoms with Crippen molar-refractivity contribution in [1.29, 1.82) is 0 Å². The molecule has 0 aliphatic carbocycles. The third kappa shape index (κ3) is 2.74. The first-order valence-corrected chi connectivity index (χ1v) is 6.65. The highest BCUT2D eigenvalue weighted by Crippen LogP contribution is 2.21. The highest BCUT2D eigenvalue weighted by molar-refractivity contribution is 6.30. The molecule has 0 saturated heterocycles. The van der Waals surface area contributed by atoms with E-state index < -0.39 is 0 Å². The summed E-state index contributed by atoms with van der Waals surface area (Å²) in [4.78, 5) is 4.40. The smallest absolute Gasteiger partial charge is 0.113 e. The topological polar surface area (TPSA) is 43.8 Å². The quantitative estimate of drug-likeness (QED) is 0.901. The zero-order valence-electron chi connectivity index (χ0n) is 10.6. The first-order valence-electron chi connectivity index (χ1n) is 6.27. The largest absolute Gasteiger partial charge is 0.330 e. The molecule has 96 valence electrons. The van der Waals surface area contributed by atoms with Crippen LogP contribution in [0.3, 0.4) is 0 Å². The fourth-order valence-electron chi connectivity index (χ4n) is 2.11. The van der Waals surface area contributed by atoms with E-state index in [1.807, 2.05) is 30.6 Å². The van der Waals surface area contributed by atoms with Crippen LogP contribution in [0, 0.1) is 0 Å². The number of rotatable bonds is 5. The zero-order chi connectivity index (χ0) is 13.0. The number of halogens is 1. The van der Waals surface area contributed by atoms with Gasteiger partial charge in [0.05, 0.1) is 5.69 Å². The molecule has 0 unspecified atom stereocenters. The van der Waals surface area contributed by atoms with Crippen molar-refractivity contribution in [2.24, 2.45) is 5.73 Å². The maximum absolute atomic E-state index is 6.05. The molecule has 0 fully saturated rings. The molecule has 0 radical (unpaired) electrons. The Morgan fingerprint density at radius 2 is 2.17 bits per heavy atom. The Bertz CT molecular complexity index is 520. The van der Waals surface area contributed by atoms with Crippen LogP contribution < -0.4 is 5.73 Å². The Balaban J connectivity index is 2.45. The summed E-state index contributed by atoms with van der Waals surface area (Å²) in [6.45, 7) is 2.77. The Labute approximate surface area is 113 Å². The Hall–Kier alpha value is -1.32. The fraction of sp³-hybridized carbons (Fsp3) is 0.357. The molecule has 0 spiro atoms. The molecule has 0 saturated carbocycles. The van der Waals surface area contributed by atoms with Crippen molar-refractivity contribution < 1.29 is 0 Å². The maximum Gasteiger partial charge on any atom is 0.113 e. The van der Waals surface area contributed by atoms with Gasteiger partial charge in [0.25, 0.3) is 0 Å². The predicted octanol–water partition coefficient (Wildman–Crippen LogP) is 2.98. The number of imidazole rings is 1. The maximum atomic E-state index is 6.05. The Morgan fingerprint density at radius 3 is 2.89 bits per heavy atom. The standard InChI is InChI=1S/C14H18ClN3/c1-2-3-14-17-8-9-18(14)13-5-4-12(15)10-11(13)6-7-16/h4-5,8-10H,2-3,6-7,16H2,1H3. The van der Waals surface area contributed by atoms with E-state index in [4.69, 9.17) is 17.3 Å². The lowest BCUT2D eigenvalue weighted by Crippen LogP contribution is -2.08. The second-order valence-electron chi connectivity index (χ2n) is 4.28. The highest BCUT2D eigenvalue weighted by atomic mass is 35.5. The van der Waals surface area contributed by atoms with E-state index in [9.17, 15) is 0 Å². The van der Waals surface area contributed by atoms with Crippen LogP contribution in [0.15, 0.2) is 30.6 Å². The minimum atomic E-state index is 0.616. The molecular formula is C14H18ClN3. The summed E-state index contributed by atoms with van der Waals surface area (Å²) in [7, 11) is 0. The van der Waals surface area contributed by atoms with E-state index in [0.717, 1.165) is 35.8 Å². The van der Waals surface area contributed by atoms with Crippen LogP contribution in [0.2, 0.25) is 5.02 Å². The van der Waals surface area contributed by atoms with Crippen molar-refractivity contribution in [3.8, 4) is 5.69 Å². The van der Waals surface area contributed by atoms with Crippen LogP contribution in [0.1, 0.15) is 24.7 Å². The van der Waals surface area contributed by atoms with Crippen molar-refractivity contribution in [3.63, 3.8) is 0 Å². The van der Waals surface area contributed by atoms with E-state index >= 15 is 0 Å². The SMILES string of the molecule is CCCc1nccn1-c1ccc(Cl)cc1CCN.